The number of hydrogen-bond donors (Lipinski definition) is 4. The normalized spacial score (nSPS) is 39.9. The minimum atomic E-state index is -1.79. The van der Waals surface area contributed by atoms with Crippen molar-refractivity contribution < 1.29 is 24.1 Å². The van der Waals surface area contributed by atoms with Gasteiger partial charge in [-0.05, 0) is 0 Å². The fraction of sp³-hybridized carbons (Fsp3) is 0.600. The summed E-state index contributed by atoms with van der Waals surface area (Å²) in [5.74, 6) is -0.840. The average Bonchev–Trinajstić information content (AvgIpc) is 2.93. The highest BCUT2D eigenvalue weighted by molar-refractivity contribution is 6.23. The van der Waals surface area contributed by atoms with Gasteiger partial charge in [0.1, 0.15) is 12.2 Å². The zero-order valence-electron chi connectivity index (χ0n) is 10.1. The van der Waals surface area contributed by atoms with Crippen LogP contribution in [0.15, 0.2) is 9.98 Å². The number of nitrogens with zero attached hydrogens (tertiary/aromatic N) is 3. The molecule has 5 atom stereocenters. The van der Waals surface area contributed by atoms with E-state index in [1.807, 2.05) is 0 Å². The van der Waals surface area contributed by atoms with E-state index in [4.69, 9.17) is 15.3 Å². The predicted molar refractivity (Wildman–Crippen MR) is 64.1 cm³/mol. The highest BCUT2D eigenvalue weighted by Crippen LogP contribution is 2.28. The molecule has 0 radical (unpaired) electrons. The Morgan fingerprint density at radius 2 is 2.35 bits per heavy atom. The van der Waals surface area contributed by atoms with Crippen LogP contribution in [0, 0.1) is 5.41 Å². The first-order chi connectivity index (χ1) is 9.52. The quantitative estimate of drug-likeness (QED) is 0.448. The van der Waals surface area contributed by atoms with E-state index in [9.17, 15) is 14.3 Å². The number of amides is 1. The molecule has 0 aromatic rings. The second kappa shape index (κ2) is 4.58. The number of halogens is 1. The Balaban J connectivity index is 1.87. The standard InChI is InChI=1S/C10H12FN5O4/c11-4-6(18)3(1-17)20-9(4)16-2-13-5-7(16)14-10(12)15-8(5)19/h2-6,9,17-18H,1H2,(H2,12,15,19)/t3-,4-,5?,6-,9-/m1/s1. The first kappa shape index (κ1) is 13.1. The molecule has 108 valence electrons. The maximum Gasteiger partial charge on any atom is 0.259 e. The molecule has 3 aliphatic rings. The zero-order chi connectivity index (χ0) is 14.4. The molecular formula is C10H12FN5O4. The summed E-state index contributed by atoms with van der Waals surface area (Å²) in [6, 6.07) is -0.954. The Morgan fingerprint density at radius 3 is 3.00 bits per heavy atom. The van der Waals surface area contributed by atoms with Crippen molar-refractivity contribution in [2.75, 3.05) is 6.61 Å². The van der Waals surface area contributed by atoms with E-state index in [1.165, 1.54) is 11.2 Å². The second-order valence-electron chi connectivity index (χ2n) is 4.56. The lowest BCUT2D eigenvalue weighted by atomic mass is 10.1. The van der Waals surface area contributed by atoms with Crippen LogP contribution in [0.1, 0.15) is 0 Å². The van der Waals surface area contributed by atoms with Gasteiger partial charge in [-0.3, -0.25) is 25.4 Å². The molecule has 1 unspecified atom stereocenters. The molecule has 4 N–H and O–H groups in total. The fourth-order valence-corrected chi connectivity index (χ4v) is 2.31. The van der Waals surface area contributed by atoms with Gasteiger partial charge in [0.2, 0.25) is 5.96 Å². The number of aliphatic hydroxyl groups excluding tert-OH is 2. The Labute approximate surface area is 112 Å². The molecule has 3 aliphatic heterocycles. The van der Waals surface area contributed by atoms with Crippen molar-refractivity contribution in [2.24, 2.45) is 9.98 Å². The van der Waals surface area contributed by atoms with Gasteiger partial charge >= 0.3 is 0 Å². The highest BCUT2D eigenvalue weighted by Gasteiger charge is 2.50. The van der Waals surface area contributed by atoms with Gasteiger partial charge in [0.25, 0.3) is 5.91 Å². The minimum absolute atomic E-state index is 0.0668. The van der Waals surface area contributed by atoms with Crippen LogP contribution in [-0.4, -0.2) is 76.4 Å². The number of carbonyl (C=O) groups excluding carboxylic acids is 1. The summed E-state index contributed by atoms with van der Waals surface area (Å²) < 4.78 is 19.2. The van der Waals surface area contributed by atoms with Gasteiger partial charge in [-0.25, -0.2) is 4.39 Å². The van der Waals surface area contributed by atoms with Crippen molar-refractivity contribution >= 4 is 24.0 Å². The van der Waals surface area contributed by atoms with Gasteiger partial charge in [-0.1, -0.05) is 0 Å². The number of aliphatic hydroxyl groups is 2. The molecular weight excluding hydrogens is 273 g/mol. The smallest absolute Gasteiger partial charge is 0.259 e. The average molecular weight is 285 g/mol. The molecule has 3 heterocycles. The molecule has 0 spiro atoms. The molecule has 0 bridgehead atoms. The third kappa shape index (κ3) is 1.80. The van der Waals surface area contributed by atoms with Crippen molar-refractivity contribution in [2.45, 2.75) is 30.6 Å². The number of rotatable bonds is 2. The van der Waals surface area contributed by atoms with E-state index in [-0.39, 0.29) is 11.8 Å². The van der Waals surface area contributed by atoms with Gasteiger partial charge < -0.3 is 14.9 Å². The van der Waals surface area contributed by atoms with Crippen molar-refractivity contribution in [3.63, 3.8) is 0 Å². The molecule has 9 nitrogen and oxygen atoms in total. The van der Waals surface area contributed by atoms with E-state index in [2.05, 4.69) is 15.3 Å². The first-order valence-corrected chi connectivity index (χ1v) is 5.91. The number of alkyl halides is 1. The van der Waals surface area contributed by atoms with Crippen LogP contribution in [-0.2, 0) is 9.53 Å². The highest BCUT2D eigenvalue weighted by atomic mass is 19.1. The van der Waals surface area contributed by atoms with Crippen LogP contribution in [0.5, 0.6) is 0 Å². The molecule has 1 amide bonds. The summed E-state index contributed by atoms with van der Waals surface area (Å²) in [5, 5.41) is 28.2. The van der Waals surface area contributed by atoms with Crippen LogP contribution in [0.2, 0.25) is 0 Å². The number of aliphatic imine (C=N–C) groups is 2. The van der Waals surface area contributed by atoms with E-state index < -0.39 is 43.2 Å². The monoisotopic (exact) mass is 285 g/mol. The van der Waals surface area contributed by atoms with E-state index in [1.54, 1.807) is 0 Å². The molecule has 10 heteroatoms. The Bertz CT molecular complexity index is 524. The number of amidine groups is 1. The first-order valence-electron chi connectivity index (χ1n) is 5.91. The van der Waals surface area contributed by atoms with Gasteiger partial charge in [-0.2, -0.15) is 4.99 Å². The number of fused-ring (bicyclic) bond motifs is 1. The number of guanidine groups is 1. The molecule has 0 aliphatic carbocycles. The van der Waals surface area contributed by atoms with E-state index in [0.717, 1.165) is 0 Å². The molecule has 20 heavy (non-hydrogen) atoms. The van der Waals surface area contributed by atoms with Gasteiger partial charge in [0, 0.05) is 0 Å². The lowest BCUT2D eigenvalue weighted by Gasteiger charge is -2.27. The SMILES string of the molecule is N=C1N=C2C(N=CN2[C@@H]2O[C@H](CO)[C@@H](O)[C@H]2F)C(=O)N1. The summed E-state index contributed by atoms with van der Waals surface area (Å²) in [6.07, 6.45) is -4.38. The van der Waals surface area contributed by atoms with Crippen molar-refractivity contribution in [3.8, 4) is 0 Å². The van der Waals surface area contributed by atoms with Crippen molar-refractivity contribution in [1.82, 2.24) is 10.2 Å². The molecule has 1 saturated heterocycles. The van der Waals surface area contributed by atoms with Crippen LogP contribution in [0.4, 0.5) is 4.39 Å². The lowest BCUT2D eigenvalue weighted by Crippen LogP contribution is -2.52. The third-order valence-electron chi connectivity index (χ3n) is 3.31. The number of carbonyl (C=O) groups is 1. The van der Waals surface area contributed by atoms with Crippen LogP contribution >= 0.6 is 0 Å². The van der Waals surface area contributed by atoms with Crippen LogP contribution < -0.4 is 5.32 Å². The molecule has 0 saturated carbocycles. The van der Waals surface area contributed by atoms with Crippen molar-refractivity contribution in [3.05, 3.63) is 0 Å². The number of hydrogen-bond acceptors (Lipinski definition) is 7. The summed E-state index contributed by atoms with van der Waals surface area (Å²) in [7, 11) is 0. The molecule has 0 aromatic heterocycles. The molecule has 0 aromatic carbocycles. The summed E-state index contributed by atoms with van der Waals surface area (Å²) >= 11 is 0. The summed E-state index contributed by atoms with van der Waals surface area (Å²) in [5.41, 5.74) is 0. The Hall–Kier alpha value is -1.91. The maximum absolute atomic E-state index is 14.0. The second-order valence-corrected chi connectivity index (χ2v) is 4.56. The predicted octanol–water partition coefficient (Wildman–Crippen LogP) is -2.42. The van der Waals surface area contributed by atoms with E-state index >= 15 is 0 Å². The minimum Gasteiger partial charge on any atom is -0.394 e. The summed E-state index contributed by atoms with van der Waals surface area (Å²) in [4.78, 5) is 20.5. The number of nitrogens with one attached hydrogen (secondary N) is 2. The van der Waals surface area contributed by atoms with Gasteiger partial charge in [0.15, 0.2) is 24.3 Å². The topological polar surface area (TPSA) is 131 Å². The van der Waals surface area contributed by atoms with E-state index in [0.29, 0.717) is 0 Å². The maximum atomic E-state index is 14.0. The Morgan fingerprint density at radius 1 is 1.60 bits per heavy atom. The van der Waals surface area contributed by atoms with Crippen LogP contribution in [0.3, 0.4) is 0 Å². The number of ether oxygens (including phenoxy) is 1. The van der Waals surface area contributed by atoms with Crippen molar-refractivity contribution in [1.29, 1.82) is 5.41 Å². The van der Waals surface area contributed by atoms with Gasteiger partial charge in [-0.15, -0.1) is 0 Å². The summed E-state index contributed by atoms with van der Waals surface area (Å²) in [6.45, 7) is -0.532. The molecule has 3 rings (SSSR count). The Kier molecular flexibility index (Phi) is 3.00. The zero-order valence-corrected chi connectivity index (χ0v) is 10.1. The van der Waals surface area contributed by atoms with Gasteiger partial charge in [0.05, 0.1) is 12.9 Å². The fourth-order valence-electron chi connectivity index (χ4n) is 2.31. The largest absolute Gasteiger partial charge is 0.394 e. The van der Waals surface area contributed by atoms with Crippen LogP contribution in [0.25, 0.3) is 0 Å². The molecule has 1 fully saturated rings. The third-order valence-corrected chi connectivity index (χ3v) is 3.31. The lowest BCUT2D eigenvalue weighted by molar-refractivity contribution is -0.119.